The first kappa shape index (κ1) is 11.6. The second-order valence-corrected chi connectivity index (χ2v) is 4.40. The molecule has 1 saturated heterocycles. The molecule has 1 aromatic heterocycles. The van der Waals surface area contributed by atoms with Gasteiger partial charge in [-0.15, -0.1) is 0 Å². The molecule has 1 fully saturated rings. The number of ether oxygens (including phenoxy) is 1. The zero-order chi connectivity index (χ0) is 12.7. The fraction of sp³-hybridized carbons (Fsp3) is 0.417. The van der Waals surface area contributed by atoms with Gasteiger partial charge in [0.25, 0.3) is 0 Å². The highest BCUT2D eigenvalue weighted by Crippen LogP contribution is 2.35. The topological polar surface area (TPSA) is 98.6 Å². The molecule has 2 aromatic rings. The summed E-state index contributed by atoms with van der Waals surface area (Å²) in [5.74, 6) is 0. The summed E-state index contributed by atoms with van der Waals surface area (Å²) in [7, 11) is 0. The lowest BCUT2D eigenvalue weighted by atomic mass is 10.0. The summed E-state index contributed by atoms with van der Waals surface area (Å²) in [6.07, 6.45) is -2.03. The van der Waals surface area contributed by atoms with Crippen LogP contribution in [-0.2, 0) is 4.74 Å². The van der Waals surface area contributed by atoms with E-state index in [-0.39, 0.29) is 6.61 Å². The van der Waals surface area contributed by atoms with Gasteiger partial charge in [-0.25, -0.2) is 4.98 Å². The third-order valence-corrected chi connectivity index (χ3v) is 3.33. The summed E-state index contributed by atoms with van der Waals surface area (Å²) in [6.45, 7) is -0.328. The molecule has 0 aliphatic carbocycles. The molecule has 0 spiro atoms. The second-order valence-electron chi connectivity index (χ2n) is 4.40. The Labute approximate surface area is 103 Å². The first-order valence-electron chi connectivity index (χ1n) is 5.77. The Morgan fingerprint density at radius 3 is 2.83 bits per heavy atom. The molecule has 96 valence electrons. The molecule has 1 aromatic carbocycles. The van der Waals surface area contributed by atoms with Gasteiger partial charge in [0.05, 0.1) is 24.0 Å². The van der Waals surface area contributed by atoms with Gasteiger partial charge in [-0.2, -0.15) is 0 Å². The van der Waals surface area contributed by atoms with Crippen molar-refractivity contribution in [2.45, 2.75) is 24.4 Å². The van der Waals surface area contributed by atoms with Crippen LogP contribution in [0, 0.1) is 0 Å². The van der Waals surface area contributed by atoms with Gasteiger partial charge in [0.1, 0.15) is 24.4 Å². The highest BCUT2D eigenvalue weighted by atomic mass is 16.6. The van der Waals surface area contributed by atoms with Crippen LogP contribution in [0.1, 0.15) is 11.7 Å². The predicted octanol–water partition coefficient (Wildman–Crippen LogP) is -0.283. The zero-order valence-electron chi connectivity index (χ0n) is 9.52. The van der Waals surface area contributed by atoms with Gasteiger partial charge in [0, 0.05) is 5.56 Å². The summed E-state index contributed by atoms with van der Waals surface area (Å²) in [5.41, 5.74) is 2.24. The summed E-state index contributed by atoms with van der Waals surface area (Å²) in [5, 5.41) is 28.8. The Morgan fingerprint density at radius 2 is 2.11 bits per heavy atom. The maximum absolute atomic E-state index is 9.99. The number of aromatic nitrogens is 2. The van der Waals surface area contributed by atoms with Gasteiger partial charge in [0.15, 0.2) is 0 Å². The van der Waals surface area contributed by atoms with Gasteiger partial charge < -0.3 is 25.0 Å². The number of nitrogens with one attached hydrogen (secondary N) is 1. The maximum Gasteiger partial charge on any atom is 0.114 e. The first-order chi connectivity index (χ1) is 8.72. The lowest BCUT2D eigenvalue weighted by molar-refractivity contribution is -0.0224. The molecule has 3 rings (SSSR count). The highest BCUT2D eigenvalue weighted by molar-refractivity contribution is 5.78. The highest BCUT2D eigenvalue weighted by Gasteiger charge is 2.43. The minimum absolute atomic E-state index is 0.328. The number of H-pyrrole nitrogens is 1. The fourth-order valence-electron chi connectivity index (χ4n) is 2.37. The molecule has 18 heavy (non-hydrogen) atoms. The van der Waals surface area contributed by atoms with E-state index in [0.717, 1.165) is 5.52 Å². The van der Waals surface area contributed by atoms with Crippen molar-refractivity contribution in [3.63, 3.8) is 0 Å². The number of hydrogen-bond acceptors (Lipinski definition) is 5. The molecule has 4 atom stereocenters. The van der Waals surface area contributed by atoms with Crippen molar-refractivity contribution < 1.29 is 20.1 Å². The lowest BCUT2D eigenvalue weighted by Gasteiger charge is -2.15. The normalized spacial score (nSPS) is 32.2. The molecular formula is C12H14N2O4. The summed E-state index contributed by atoms with van der Waals surface area (Å²) in [4.78, 5) is 7.16. The van der Waals surface area contributed by atoms with Crippen LogP contribution in [0.5, 0.6) is 0 Å². The van der Waals surface area contributed by atoms with E-state index in [9.17, 15) is 10.2 Å². The predicted molar refractivity (Wildman–Crippen MR) is 62.8 cm³/mol. The molecule has 0 radical (unpaired) electrons. The molecule has 0 saturated carbocycles. The molecule has 6 heteroatoms. The number of benzene rings is 1. The number of nitrogens with zero attached hydrogens (tertiary/aromatic N) is 1. The standard InChI is InChI=1S/C12H14N2O4/c15-4-8-10(16)11(17)12(18-8)6-2-1-3-7-9(6)14-5-13-7/h1-3,5,8,10-12,15-17H,4H2,(H,13,14)/t8-,10-,11-,12?/m1/s1. The molecule has 6 nitrogen and oxygen atoms in total. The molecule has 4 N–H and O–H groups in total. The minimum Gasteiger partial charge on any atom is -0.394 e. The van der Waals surface area contributed by atoms with Crippen molar-refractivity contribution in [3.8, 4) is 0 Å². The minimum atomic E-state index is -1.09. The Bertz CT molecular complexity index is 556. The second kappa shape index (κ2) is 4.33. The SMILES string of the molecule is OC[C@H]1OC(c2cccc3[nH]cnc23)[C@H](O)[C@@H]1O. The van der Waals surface area contributed by atoms with Crippen LogP contribution in [0.15, 0.2) is 24.5 Å². The van der Waals surface area contributed by atoms with Crippen molar-refractivity contribution in [2.24, 2.45) is 0 Å². The van der Waals surface area contributed by atoms with Crippen LogP contribution < -0.4 is 0 Å². The summed E-state index contributed by atoms with van der Waals surface area (Å²) < 4.78 is 5.49. The third kappa shape index (κ3) is 1.62. The van der Waals surface area contributed by atoms with Crippen molar-refractivity contribution in [2.75, 3.05) is 6.61 Å². The summed E-state index contributed by atoms with van der Waals surface area (Å²) >= 11 is 0. The maximum atomic E-state index is 9.99. The average molecular weight is 250 g/mol. The molecule has 0 amide bonds. The Morgan fingerprint density at radius 1 is 1.28 bits per heavy atom. The van der Waals surface area contributed by atoms with E-state index in [2.05, 4.69) is 9.97 Å². The van der Waals surface area contributed by atoms with Crippen molar-refractivity contribution in [1.82, 2.24) is 9.97 Å². The van der Waals surface area contributed by atoms with E-state index in [1.165, 1.54) is 0 Å². The number of para-hydroxylation sites is 1. The number of imidazole rings is 1. The van der Waals surface area contributed by atoms with Crippen molar-refractivity contribution >= 4 is 11.0 Å². The largest absolute Gasteiger partial charge is 0.394 e. The van der Waals surface area contributed by atoms with Crippen LogP contribution >= 0.6 is 0 Å². The number of fused-ring (bicyclic) bond motifs is 1. The number of hydrogen-bond donors (Lipinski definition) is 4. The monoisotopic (exact) mass is 250 g/mol. The third-order valence-electron chi connectivity index (χ3n) is 3.33. The van der Waals surface area contributed by atoms with E-state index in [4.69, 9.17) is 9.84 Å². The smallest absolute Gasteiger partial charge is 0.114 e. The van der Waals surface area contributed by atoms with Crippen LogP contribution in [0.25, 0.3) is 11.0 Å². The average Bonchev–Trinajstić information content (AvgIpc) is 2.96. The number of aromatic amines is 1. The van der Waals surface area contributed by atoms with Crippen LogP contribution in [0.4, 0.5) is 0 Å². The van der Waals surface area contributed by atoms with E-state index < -0.39 is 24.4 Å². The van der Waals surface area contributed by atoms with Crippen molar-refractivity contribution in [3.05, 3.63) is 30.1 Å². The summed E-state index contributed by atoms with van der Waals surface area (Å²) in [6, 6.07) is 5.49. The molecule has 2 heterocycles. The van der Waals surface area contributed by atoms with E-state index in [1.54, 1.807) is 12.4 Å². The zero-order valence-corrected chi connectivity index (χ0v) is 9.52. The quantitative estimate of drug-likeness (QED) is 0.587. The van der Waals surface area contributed by atoms with Crippen LogP contribution in [0.3, 0.4) is 0 Å². The molecular weight excluding hydrogens is 236 g/mol. The van der Waals surface area contributed by atoms with E-state index in [1.807, 2.05) is 12.1 Å². The Kier molecular flexibility index (Phi) is 2.79. The Hall–Kier alpha value is -1.47. The van der Waals surface area contributed by atoms with Crippen LogP contribution in [0.2, 0.25) is 0 Å². The fourth-order valence-corrected chi connectivity index (χ4v) is 2.37. The van der Waals surface area contributed by atoms with Crippen LogP contribution in [-0.4, -0.2) is 50.2 Å². The molecule has 1 aliphatic rings. The van der Waals surface area contributed by atoms with Crippen molar-refractivity contribution in [1.29, 1.82) is 0 Å². The first-order valence-corrected chi connectivity index (χ1v) is 5.77. The Balaban J connectivity index is 2.02. The van der Waals surface area contributed by atoms with Gasteiger partial charge in [-0.05, 0) is 6.07 Å². The van der Waals surface area contributed by atoms with Gasteiger partial charge in [-0.3, -0.25) is 0 Å². The van der Waals surface area contributed by atoms with E-state index >= 15 is 0 Å². The number of rotatable bonds is 2. The molecule has 0 bridgehead atoms. The lowest BCUT2D eigenvalue weighted by Crippen LogP contribution is -2.32. The van der Waals surface area contributed by atoms with Gasteiger partial charge in [0.2, 0.25) is 0 Å². The van der Waals surface area contributed by atoms with E-state index in [0.29, 0.717) is 11.1 Å². The van der Waals surface area contributed by atoms with Gasteiger partial charge in [-0.1, -0.05) is 12.1 Å². The number of aliphatic hydroxyl groups is 3. The molecule has 1 unspecified atom stereocenters. The molecule has 1 aliphatic heterocycles. The number of aliphatic hydroxyl groups excluding tert-OH is 3. The van der Waals surface area contributed by atoms with Gasteiger partial charge >= 0.3 is 0 Å².